The number of morpholine rings is 1. The first-order valence-corrected chi connectivity index (χ1v) is 13.5. The third-order valence-electron chi connectivity index (χ3n) is 8.08. The van der Waals surface area contributed by atoms with Crippen LogP contribution in [0, 0.1) is 27.7 Å². The van der Waals surface area contributed by atoms with E-state index >= 15 is 0 Å². The van der Waals surface area contributed by atoms with Crippen molar-refractivity contribution in [3.8, 4) is 22.4 Å². The van der Waals surface area contributed by atoms with Crippen LogP contribution in [-0.4, -0.2) is 55.9 Å². The van der Waals surface area contributed by atoms with E-state index in [1.807, 2.05) is 70.1 Å². The average molecular weight is 540 g/mol. The van der Waals surface area contributed by atoms with Crippen molar-refractivity contribution in [2.24, 2.45) is 7.05 Å². The summed E-state index contributed by atoms with van der Waals surface area (Å²) in [6.07, 6.45) is 6.73. The van der Waals surface area contributed by atoms with E-state index < -0.39 is 0 Å². The van der Waals surface area contributed by atoms with Gasteiger partial charge in [0.2, 0.25) is 5.95 Å². The highest BCUT2D eigenvalue weighted by molar-refractivity contribution is 5.99. The van der Waals surface area contributed by atoms with Crippen LogP contribution in [0.4, 0.5) is 5.95 Å². The second-order valence-electron chi connectivity index (χ2n) is 10.9. The van der Waals surface area contributed by atoms with Gasteiger partial charge in [-0.2, -0.15) is 5.10 Å². The van der Waals surface area contributed by atoms with Crippen LogP contribution in [0.1, 0.15) is 44.7 Å². The molecule has 2 aliphatic rings. The van der Waals surface area contributed by atoms with E-state index in [1.165, 1.54) is 0 Å². The number of aryl methyl sites for hydroxylation is 4. The standard InChI is InChI=1S/C30H33N7O3/c1-16-6-18(3)35-29(39)26(16)13-31-28(38)25-8-20(7-24(19(25)4)27-17(2)10-34-36(27)5)21-11-32-30(33-12-21)37-14-23-9-22(37)15-40-23/h6-8,10-12,22-23H,9,13-15H2,1-5H3,(H,31,38)(H,35,39)/t22-,23-/m0/s1. The zero-order valence-electron chi connectivity index (χ0n) is 23.4. The number of fused-ring (bicyclic) bond motifs is 2. The lowest BCUT2D eigenvalue weighted by atomic mass is 9.92. The molecule has 5 heterocycles. The number of nitrogens with one attached hydrogen (secondary N) is 2. The van der Waals surface area contributed by atoms with Gasteiger partial charge >= 0.3 is 0 Å². The normalized spacial score (nSPS) is 18.0. The Labute approximate surface area is 232 Å². The Kier molecular flexibility index (Phi) is 6.50. The molecule has 206 valence electrons. The lowest BCUT2D eigenvalue weighted by molar-refractivity contribution is 0.0950. The molecular weight excluding hydrogens is 506 g/mol. The van der Waals surface area contributed by atoms with Crippen LogP contribution in [0.5, 0.6) is 0 Å². The van der Waals surface area contributed by atoms with Gasteiger partial charge in [0.25, 0.3) is 11.5 Å². The summed E-state index contributed by atoms with van der Waals surface area (Å²) in [4.78, 5) is 40.5. The Bertz CT molecular complexity index is 1650. The molecule has 10 nitrogen and oxygen atoms in total. The summed E-state index contributed by atoms with van der Waals surface area (Å²) in [5, 5.41) is 7.39. The maximum Gasteiger partial charge on any atom is 0.253 e. The van der Waals surface area contributed by atoms with E-state index in [-0.39, 0.29) is 24.1 Å². The number of carbonyl (C=O) groups is 1. The van der Waals surface area contributed by atoms with Crippen molar-refractivity contribution in [3.05, 3.63) is 80.7 Å². The summed E-state index contributed by atoms with van der Waals surface area (Å²) in [6, 6.07) is 6.17. The first-order chi connectivity index (χ1) is 19.2. The van der Waals surface area contributed by atoms with E-state index in [9.17, 15) is 9.59 Å². The number of rotatable bonds is 6. The number of amides is 1. The summed E-state index contributed by atoms with van der Waals surface area (Å²) in [5.74, 6) is 0.441. The third-order valence-corrected chi connectivity index (χ3v) is 8.08. The van der Waals surface area contributed by atoms with Crippen LogP contribution in [0.15, 0.2) is 41.6 Å². The van der Waals surface area contributed by atoms with Gasteiger partial charge in [-0.25, -0.2) is 9.97 Å². The Morgan fingerprint density at radius 1 is 1.07 bits per heavy atom. The second kappa shape index (κ2) is 10.0. The Morgan fingerprint density at radius 2 is 1.85 bits per heavy atom. The van der Waals surface area contributed by atoms with Crippen LogP contribution in [0.3, 0.4) is 0 Å². The molecule has 2 fully saturated rings. The molecule has 2 saturated heterocycles. The van der Waals surface area contributed by atoms with Gasteiger partial charge in [0.1, 0.15) is 0 Å². The minimum Gasteiger partial charge on any atom is -0.374 e. The number of aromatic amines is 1. The first kappa shape index (κ1) is 25.9. The average Bonchev–Trinajstić information content (AvgIpc) is 3.65. The monoisotopic (exact) mass is 539 g/mol. The minimum atomic E-state index is -0.259. The maximum absolute atomic E-state index is 13.6. The van der Waals surface area contributed by atoms with Crippen molar-refractivity contribution in [2.45, 2.75) is 52.8 Å². The zero-order chi connectivity index (χ0) is 28.1. The molecule has 3 aromatic heterocycles. The molecule has 1 amide bonds. The number of hydrogen-bond donors (Lipinski definition) is 2. The van der Waals surface area contributed by atoms with Crippen LogP contribution < -0.4 is 15.8 Å². The number of hydrogen-bond acceptors (Lipinski definition) is 7. The molecule has 2 N–H and O–H groups in total. The second-order valence-corrected chi connectivity index (χ2v) is 10.9. The molecule has 4 aromatic rings. The SMILES string of the molecule is Cc1cc(C)c(CNC(=O)c2cc(-c3cnc(N4C[C@@H]5C[C@H]4CO5)nc3)cc(-c3c(C)cnn3C)c2C)c(=O)[nH]1. The molecule has 1 aromatic carbocycles. The summed E-state index contributed by atoms with van der Waals surface area (Å²) in [7, 11) is 1.89. The number of pyridine rings is 1. The highest BCUT2D eigenvalue weighted by Gasteiger charge is 2.40. The molecule has 6 rings (SSSR count). The topological polar surface area (TPSA) is 118 Å². The van der Waals surface area contributed by atoms with Gasteiger partial charge in [-0.1, -0.05) is 0 Å². The van der Waals surface area contributed by atoms with Gasteiger partial charge in [0.15, 0.2) is 0 Å². The van der Waals surface area contributed by atoms with Gasteiger partial charge in [-0.15, -0.1) is 0 Å². The van der Waals surface area contributed by atoms with Crippen molar-refractivity contribution in [1.29, 1.82) is 0 Å². The van der Waals surface area contributed by atoms with E-state index in [2.05, 4.69) is 36.3 Å². The number of ether oxygens (including phenoxy) is 1. The number of aromatic nitrogens is 5. The van der Waals surface area contributed by atoms with Gasteiger partial charge in [0, 0.05) is 60.5 Å². The van der Waals surface area contributed by atoms with Crippen LogP contribution in [0.25, 0.3) is 22.4 Å². The highest BCUT2D eigenvalue weighted by atomic mass is 16.5. The molecule has 2 bridgehead atoms. The van der Waals surface area contributed by atoms with E-state index in [4.69, 9.17) is 4.74 Å². The lowest BCUT2D eigenvalue weighted by Crippen LogP contribution is -2.38. The first-order valence-electron chi connectivity index (χ1n) is 13.5. The summed E-state index contributed by atoms with van der Waals surface area (Å²) >= 11 is 0. The van der Waals surface area contributed by atoms with Gasteiger partial charge in [-0.3, -0.25) is 14.3 Å². The molecule has 2 atom stereocenters. The smallest absolute Gasteiger partial charge is 0.253 e. The van der Waals surface area contributed by atoms with Crippen LogP contribution in [-0.2, 0) is 18.3 Å². The molecule has 0 spiro atoms. The number of carbonyl (C=O) groups excluding carboxylic acids is 1. The van der Waals surface area contributed by atoms with Crippen molar-refractivity contribution in [3.63, 3.8) is 0 Å². The van der Waals surface area contributed by atoms with E-state index in [0.717, 1.165) is 57.7 Å². The predicted molar refractivity (Wildman–Crippen MR) is 152 cm³/mol. The largest absolute Gasteiger partial charge is 0.374 e. The number of nitrogens with zero attached hydrogens (tertiary/aromatic N) is 5. The van der Waals surface area contributed by atoms with Gasteiger partial charge in [0.05, 0.1) is 30.6 Å². The highest BCUT2D eigenvalue weighted by Crippen LogP contribution is 2.34. The molecule has 0 aliphatic carbocycles. The predicted octanol–water partition coefficient (Wildman–Crippen LogP) is 3.37. The number of benzene rings is 1. The van der Waals surface area contributed by atoms with Gasteiger partial charge < -0.3 is 19.9 Å². The lowest BCUT2D eigenvalue weighted by Gasteiger charge is -2.26. The fraction of sp³-hybridized carbons (Fsp3) is 0.367. The molecule has 0 radical (unpaired) electrons. The van der Waals surface area contributed by atoms with Crippen molar-refractivity contribution in [1.82, 2.24) is 30.0 Å². The van der Waals surface area contributed by atoms with E-state index in [0.29, 0.717) is 29.7 Å². The third kappa shape index (κ3) is 4.58. The van der Waals surface area contributed by atoms with Crippen molar-refractivity contribution >= 4 is 11.9 Å². The maximum atomic E-state index is 13.6. The van der Waals surface area contributed by atoms with Crippen molar-refractivity contribution < 1.29 is 9.53 Å². The summed E-state index contributed by atoms with van der Waals surface area (Å²) in [6.45, 7) is 9.32. The molecule has 0 saturated carbocycles. The summed E-state index contributed by atoms with van der Waals surface area (Å²) < 4.78 is 7.54. The van der Waals surface area contributed by atoms with Crippen LogP contribution >= 0.6 is 0 Å². The van der Waals surface area contributed by atoms with Crippen molar-refractivity contribution in [2.75, 3.05) is 18.1 Å². The molecule has 0 unspecified atom stereocenters. The Hall–Kier alpha value is -4.31. The molecule has 40 heavy (non-hydrogen) atoms. The van der Waals surface area contributed by atoms with E-state index in [1.54, 1.807) is 0 Å². The Morgan fingerprint density at radius 3 is 2.48 bits per heavy atom. The number of H-pyrrole nitrogens is 1. The Balaban J connectivity index is 1.36. The quantitative estimate of drug-likeness (QED) is 0.386. The van der Waals surface area contributed by atoms with Crippen LogP contribution in [0.2, 0.25) is 0 Å². The fourth-order valence-electron chi connectivity index (χ4n) is 5.93. The summed E-state index contributed by atoms with van der Waals surface area (Å²) in [5.41, 5.74) is 7.81. The number of anilines is 1. The molecular formula is C30H33N7O3. The van der Waals surface area contributed by atoms with Gasteiger partial charge in [-0.05, 0) is 74.6 Å². The molecule has 10 heteroatoms. The zero-order valence-corrected chi connectivity index (χ0v) is 23.4. The molecule has 2 aliphatic heterocycles. The fourth-order valence-corrected chi connectivity index (χ4v) is 5.93. The minimum absolute atomic E-state index is 0.129.